The molecule has 7 heteroatoms. The topological polar surface area (TPSA) is 101 Å². The van der Waals surface area contributed by atoms with Crippen LogP contribution in [0.3, 0.4) is 0 Å². The highest BCUT2D eigenvalue weighted by Gasteiger charge is 2.10. The predicted octanol–water partition coefficient (Wildman–Crippen LogP) is 1.02. The fourth-order valence-corrected chi connectivity index (χ4v) is 2.13. The van der Waals surface area contributed by atoms with E-state index in [9.17, 15) is 18.0 Å². The summed E-state index contributed by atoms with van der Waals surface area (Å²) < 4.78 is 23.3. The summed E-state index contributed by atoms with van der Waals surface area (Å²) >= 11 is 0. The Bertz CT molecular complexity index is 586. The van der Waals surface area contributed by atoms with Crippen LogP contribution in [0.25, 0.3) is 0 Å². The lowest BCUT2D eigenvalue weighted by Gasteiger charge is -2.03. The van der Waals surface area contributed by atoms with Gasteiger partial charge in [-0.05, 0) is 24.3 Å². The van der Waals surface area contributed by atoms with Gasteiger partial charge in [-0.2, -0.15) is 0 Å². The number of hydrogen-bond donors (Lipinski definition) is 2. The largest absolute Gasteiger partial charge is 0.478 e. The molecule has 1 aromatic rings. The van der Waals surface area contributed by atoms with Crippen molar-refractivity contribution in [3.05, 3.63) is 35.7 Å². The molecule has 0 aromatic heterocycles. The van der Waals surface area contributed by atoms with Crippen molar-refractivity contribution in [3.8, 4) is 0 Å². The molecule has 6 nitrogen and oxygen atoms in total. The number of amides is 1. The quantitative estimate of drug-likeness (QED) is 0.795. The molecule has 1 aromatic carbocycles. The van der Waals surface area contributed by atoms with Gasteiger partial charge in [0.1, 0.15) is 0 Å². The molecule has 0 unspecified atom stereocenters. The summed E-state index contributed by atoms with van der Waals surface area (Å²) in [4.78, 5) is 21.0. The van der Waals surface area contributed by atoms with Gasteiger partial charge >= 0.3 is 5.97 Å². The van der Waals surface area contributed by atoms with Gasteiger partial charge in [0, 0.05) is 24.1 Å². The highest BCUT2D eigenvalue weighted by Crippen LogP contribution is 2.16. The van der Waals surface area contributed by atoms with Gasteiger partial charge in [0.2, 0.25) is 5.91 Å². The average molecular weight is 269 g/mol. The summed E-state index contributed by atoms with van der Waals surface area (Å²) in [6.45, 7) is 1.33. The van der Waals surface area contributed by atoms with E-state index in [4.69, 9.17) is 5.11 Å². The van der Waals surface area contributed by atoms with Crippen molar-refractivity contribution < 1.29 is 23.1 Å². The lowest BCUT2D eigenvalue weighted by Crippen LogP contribution is -2.06. The Kier molecular flexibility index (Phi) is 4.22. The molecule has 0 atom stereocenters. The minimum atomic E-state index is -3.77. The van der Waals surface area contributed by atoms with Crippen molar-refractivity contribution >= 4 is 27.4 Å². The maximum Gasteiger partial charge on any atom is 0.329 e. The Hall–Kier alpha value is -2.15. The average Bonchev–Trinajstić information content (AvgIpc) is 2.26. The van der Waals surface area contributed by atoms with Gasteiger partial charge in [0.15, 0.2) is 9.84 Å². The Morgan fingerprint density at radius 2 is 1.78 bits per heavy atom. The van der Waals surface area contributed by atoms with Crippen LogP contribution in [0.1, 0.15) is 6.92 Å². The first kappa shape index (κ1) is 13.9. The lowest BCUT2D eigenvalue weighted by molar-refractivity contribution is -0.131. The second-order valence-electron chi connectivity index (χ2n) is 3.39. The smallest absolute Gasteiger partial charge is 0.329 e. The van der Waals surface area contributed by atoms with Crippen LogP contribution in [0.5, 0.6) is 0 Å². The van der Waals surface area contributed by atoms with Gasteiger partial charge < -0.3 is 10.4 Å². The number of carboxylic acids is 1. The van der Waals surface area contributed by atoms with E-state index in [-0.39, 0.29) is 10.8 Å². The molecule has 0 spiro atoms. The van der Waals surface area contributed by atoms with Crippen molar-refractivity contribution in [1.29, 1.82) is 0 Å². The molecule has 0 aliphatic carbocycles. The van der Waals surface area contributed by atoms with Gasteiger partial charge in [-0.15, -0.1) is 0 Å². The maximum atomic E-state index is 11.6. The van der Waals surface area contributed by atoms with E-state index >= 15 is 0 Å². The zero-order chi connectivity index (χ0) is 13.8. The minimum Gasteiger partial charge on any atom is -0.478 e. The van der Waals surface area contributed by atoms with Crippen molar-refractivity contribution in [2.24, 2.45) is 0 Å². The summed E-state index contributed by atoms with van der Waals surface area (Å²) in [5.74, 6) is -1.61. The minimum absolute atomic E-state index is 0.0471. The van der Waals surface area contributed by atoms with Crippen LogP contribution in [0.4, 0.5) is 5.69 Å². The summed E-state index contributed by atoms with van der Waals surface area (Å²) in [5, 5.41) is 11.5. The van der Waals surface area contributed by atoms with E-state index in [1.165, 1.54) is 31.2 Å². The zero-order valence-corrected chi connectivity index (χ0v) is 10.3. The predicted molar refractivity (Wildman–Crippen MR) is 64.7 cm³/mol. The Labute approximate surface area is 104 Å². The lowest BCUT2D eigenvalue weighted by atomic mass is 10.3. The molecule has 0 saturated heterocycles. The third-order valence-corrected chi connectivity index (χ3v) is 3.32. The van der Waals surface area contributed by atoms with Crippen molar-refractivity contribution in [1.82, 2.24) is 0 Å². The molecule has 0 heterocycles. The molecule has 1 amide bonds. The molecule has 2 N–H and O–H groups in total. The molecule has 0 aliphatic heterocycles. The molecule has 0 bridgehead atoms. The molecule has 0 radical (unpaired) electrons. The number of anilines is 1. The van der Waals surface area contributed by atoms with Crippen LogP contribution < -0.4 is 5.32 Å². The third kappa shape index (κ3) is 4.02. The molecular formula is C11H11NO5S. The number of carbonyl (C=O) groups excluding carboxylic acids is 1. The van der Waals surface area contributed by atoms with Gasteiger partial charge in [0.25, 0.3) is 0 Å². The highest BCUT2D eigenvalue weighted by molar-refractivity contribution is 7.94. The number of hydrogen-bond acceptors (Lipinski definition) is 4. The number of benzene rings is 1. The van der Waals surface area contributed by atoms with E-state index in [1.807, 2.05) is 0 Å². The van der Waals surface area contributed by atoms with Crippen molar-refractivity contribution in [3.63, 3.8) is 0 Å². The number of nitrogens with one attached hydrogen (secondary N) is 1. The molecule has 0 saturated carbocycles. The van der Waals surface area contributed by atoms with Gasteiger partial charge in [-0.1, -0.05) is 0 Å². The van der Waals surface area contributed by atoms with Crippen molar-refractivity contribution in [2.75, 3.05) is 5.32 Å². The first-order valence-electron chi connectivity index (χ1n) is 4.85. The van der Waals surface area contributed by atoms with Crippen LogP contribution in [-0.2, 0) is 19.4 Å². The number of carboxylic acid groups (broad SMARTS) is 1. The van der Waals surface area contributed by atoms with Crippen LogP contribution >= 0.6 is 0 Å². The molecule has 0 fully saturated rings. The van der Waals surface area contributed by atoms with Gasteiger partial charge in [0.05, 0.1) is 4.90 Å². The number of carbonyl (C=O) groups is 2. The monoisotopic (exact) mass is 269 g/mol. The zero-order valence-electron chi connectivity index (χ0n) is 9.45. The van der Waals surface area contributed by atoms with E-state index in [2.05, 4.69) is 5.32 Å². The highest BCUT2D eigenvalue weighted by atomic mass is 32.2. The molecular weight excluding hydrogens is 258 g/mol. The Morgan fingerprint density at radius 1 is 1.22 bits per heavy atom. The van der Waals surface area contributed by atoms with Crippen LogP contribution in [0.2, 0.25) is 0 Å². The SMILES string of the molecule is CC(=O)Nc1ccc(S(=O)(=O)C=CC(=O)O)cc1. The van der Waals surface area contributed by atoms with E-state index < -0.39 is 15.8 Å². The standard InChI is InChI=1S/C11H11NO5S/c1-8(13)12-9-2-4-10(5-3-9)18(16,17)7-6-11(14)15/h2-7H,1H3,(H,12,13)(H,14,15). The second kappa shape index (κ2) is 5.46. The molecule has 1 rings (SSSR count). The molecule has 0 aliphatic rings. The molecule has 18 heavy (non-hydrogen) atoms. The fraction of sp³-hybridized carbons (Fsp3) is 0.0909. The Balaban J connectivity index is 2.98. The van der Waals surface area contributed by atoms with E-state index in [0.29, 0.717) is 17.2 Å². The van der Waals surface area contributed by atoms with Gasteiger partial charge in [-0.25, -0.2) is 13.2 Å². The first-order chi connectivity index (χ1) is 8.31. The van der Waals surface area contributed by atoms with Crippen molar-refractivity contribution in [2.45, 2.75) is 11.8 Å². The first-order valence-corrected chi connectivity index (χ1v) is 6.39. The van der Waals surface area contributed by atoms with E-state index in [0.717, 1.165) is 0 Å². The summed E-state index contributed by atoms with van der Waals surface area (Å²) in [5.41, 5.74) is 0.462. The maximum absolute atomic E-state index is 11.6. The van der Waals surface area contributed by atoms with Crippen LogP contribution in [0, 0.1) is 0 Å². The number of sulfone groups is 1. The number of rotatable bonds is 4. The second-order valence-corrected chi connectivity index (χ2v) is 5.23. The Morgan fingerprint density at radius 3 is 2.22 bits per heavy atom. The van der Waals surface area contributed by atoms with Gasteiger partial charge in [-0.3, -0.25) is 4.79 Å². The normalized spacial score (nSPS) is 11.4. The summed E-state index contributed by atoms with van der Waals surface area (Å²) in [7, 11) is -3.77. The van der Waals surface area contributed by atoms with Crippen LogP contribution in [-0.4, -0.2) is 25.4 Å². The number of aliphatic carboxylic acids is 1. The van der Waals surface area contributed by atoms with Crippen LogP contribution in [0.15, 0.2) is 40.6 Å². The summed E-state index contributed by atoms with van der Waals surface area (Å²) in [6, 6.07) is 5.41. The fourth-order valence-electron chi connectivity index (χ4n) is 1.16. The third-order valence-electron chi connectivity index (χ3n) is 1.89. The van der Waals surface area contributed by atoms with E-state index in [1.54, 1.807) is 0 Å². The molecule has 96 valence electrons. The summed E-state index contributed by atoms with van der Waals surface area (Å²) in [6.07, 6.45) is 0.553.